The van der Waals surface area contributed by atoms with Gasteiger partial charge in [0.15, 0.2) is 12.4 Å². The molecular formula is C41H59N2O5+. The Balaban J connectivity index is 1.57. The van der Waals surface area contributed by atoms with Crippen LogP contribution in [-0.4, -0.2) is 30.6 Å². The van der Waals surface area contributed by atoms with E-state index in [-0.39, 0.29) is 18.6 Å². The van der Waals surface area contributed by atoms with E-state index in [1.807, 2.05) is 48.3 Å². The third kappa shape index (κ3) is 13.0. The fourth-order valence-corrected chi connectivity index (χ4v) is 5.84. The molecule has 0 spiro atoms. The Labute approximate surface area is 289 Å². The van der Waals surface area contributed by atoms with Crippen LogP contribution in [0, 0.1) is 0 Å². The molecule has 48 heavy (non-hydrogen) atoms. The predicted octanol–water partition coefficient (Wildman–Crippen LogP) is 9.88. The minimum Gasteiger partial charge on any atom is -0.496 e. The van der Waals surface area contributed by atoms with E-state index < -0.39 is 12.0 Å². The van der Waals surface area contributed by atoms with Gasteiger partial charge in [-0.05, 0) is 53.3 Å². The van der Waals surface area contributed by atoms with Gasteiger partial charge in [0.25, 0.3) is 5.91 Å². The smallest absolute Gasteiger partial charge is 0.417 e. The molecule has 2 amide bonds. The molecule has 0 saturated carbocycles. The molecule has 262 valence electrons. The molecule has 0 saturated heterocycles. The van der Waals surface area contributed by atoms with E-state index in [1.54, 1.807) is 24.3 Å². The van der Waals surface area contributed by atoms with E-state index >= 15 is 0 Å². The predicted molar refractivity (Wildman–Crippen MR) is 192 cm³/mol. The number of aryl methyl sites for hydroxylation is 1. The van der Waals surface area contributed by atoms with Gasteiger partial charge in [-0.15, -0.1) is 0 Å². The number of carbonyl (C=O) groups is 2. The fourth-order valence-electron chi connectivity index (χ4n) is 5.84. The summed E-state index contributed by atoms with van der Waals surface area (Å²) in [6, 6.07) is 16.6. The van der Waals surface area contributed by atoms with Crippen molar-refractivity contribution in [2.24, 2.45) is 7.05 Å². The normalized spacial score (nSPS) is 11.3. The molecule has 0 fully saturated rings. The number of aromatic nitrogens is 1. The van der Waals surface area contributed by atoms with Crippen LogP contribution >= 0.6 is 0 Å². The van der Waals surface area contributed by atoms with Gasteiger partial charge >= 0.3 is 6.09 Å². The zero-order valence-corrected chi connectivity index (χ0v) is 30.4. The molecule has 0 N–H and O–H groups in total. The lowest BCUT2D eigenvalue weighted by molar-refractivity contribution is -0.672. The van der Waals surface area contributed by atoms with Crippen LogP contribution in [0.2, 0.25) is 0 Å². The monoisotopic (exact) mass is 659 g/mol. The highest BCUT2D eigenvalue weighted by atomic mass is 16.6. The van der Waals surface area contributed by atoms with Gasteiger partial charge in [-0.1, -0.05) is 117 Å². The minimum absolute atomic E-state index is 0.0270. The number of methoxy groups -OCH3 is 1. The number of imide groups is 1. The maximum absolute atomic E-state index is 13.7. The van der Waals surface area contributed by atoms with Crippen LogP contribution in [0.3, 0.4) is 0 Å². The van der Waals surface area contributed by atoms with Crippen molar-refractivity contribution in [3.63, 3.8) is 0 Å². The van der Waals surface area contributed by atoms with E-state index in [9.17, 15) is 9.59 Å². The van der Waals surface area contributed by atoms with Crippen molar-refractivity contribution in [2.75, 3.05) is 13.7 Å². The first kappa shape index (κ1) is 38.6. The molecule has 0 atom stereocenters. The molecule has 0 aliphatic carbocycles. The molecule has 2 aromatic carbocycles. The van der Waals surface area contributed by atoms with Crippen molar-refractivity contribution in [2.45, 2.75) is 123 Å². The summed E-state index contributed by atoms with van der Waals surface area (Å²) in [5.41, 5.74) is 2.82. The summed E-state index contributed by atoms with van der Waals surface area (Å²) >= 11 is 0. The maximum Gasteiger partial charge on any atom is 0.417 e. The molecule has 0 bridgehead atoms. The van der Waals surface area contributed by atoms with Crippen LogP contribution < -0.4 is 14.0 Å². The molecule has 0 radical (unpaired) electrons. The highest BCUT2D eigenvalue weighted by Crippen LogP contribution is 2.33. The van der Waals surface area contributed by atoms with Crippen LogP contribution in [0.15, 0.2) is 67.0 Å². The number of unbranched alkanes of at least 4 members (excludes halogenated alkanes) is 11. The highest BCUT2D eigenvalue weighted by molar-refractivity contribution is 6.04. The number of benzene rings is 2. The first-order valence-corrected chi connectivity index (χ1v) is 18.0. The fraction of sp³-hybridized carbons (Fsp3) is 0.537. The lowest BCUT2D eigenvalue weighted by atomic mass is 9.85. The van der Waals surface area contributed by atoms with Gasteiger partial charge < -0.3 is 14.2 Å². The van der Waals surface area contributed by atoms with Gasteiger partial charge in [-0.25, -0.2) is 14.3 Å². The van der Waals surface area contributed by atoms with Crippen LogP contribution in [0.25, 0.3) is 0 Å². The van der Waals surface area contributed by atoms with E-state index in [0.717, 1.165) is 33.8 Å². The second-order valence-electron chi connectivity index (χ2n) is 13.8. The van der Waals surface area contributed by atoms with Crippen molar-refractivity contribution < 1.29 is 28.4 Å². The largest absolute Gasteiger partial charge is 0.496 e. The zero-order valence-electron chi connectivity index (χ0n) is 30.4. The van der Waals surface area contributed by atoms with Crippen molar-refractivity contribution in [1.29, 1.82) is 0 Å². The summed E-state index contributed by atoms with van der Waals surface area (Å²) in [7, 11) is 3.40. The molecular weight excluding hydrogens is 600 g/mol. The van der Waals surface area contributed by atoms with Crippen LogP contribution in [0.4, 0.5) is 4.79 Å². The quantitative estimate of drug-likeness (QED) is 0.0892. The second kappa shape index (κ2) is 20.5. The Bertz CT molecular complexity index is 1410. The summed E-state index contributed by atoms with van der Waals surface area (Å²) in [6.45, 7) is 9.51. The number of pyridine rings is 1. The zero-order chi connectivity index (χ0) is 34.8. The lowest BCUT2D eigenvalue weighted by Crippen LogP contribution is -2.38. The summed E-state index contributed by atoms with van der Waals surface area (Å²) in [5.74, 6) is 0.777. The first-order chi connectivity index (χ1) is 23.1. The summed E-state index contributed by atoms with van der Waals surface area (Å²) in [6.07, 6.45) is 18.8. The number of para-hydroxylation sites is 1. The number of nitrogens with zero attached hydrogens (tertiary/aromatic N) is 2. The average Bonchev–Trinajstić information content (AvgIpc) is 3.07. The molecule has 0 unspecified atom stereocenters. The van der Waals surface area contributed by atoms with Crippen molar-refractivity contribution in [1.82, 2.24) is 4.90 Å². The standard InChI is InChI=1S/C41H59N2O5/c1-7-8-9-10-11-12-13-14-15-16-17-20-28-47-38-26-25-33(29-36(38)41(2,3)4)32-48-40(45)43(31-34-22-21-27-42(5)30-34)39(44)35-23-18-19-24-37(35)46-6/h18-19,21-27,29-30H,7-17,20,28,31-32H2,1-6H3/q+1. The number of ether oxygens (including phenoxy) is 3. The van der Waals surface area contributed by atoms with Gasteiger partial charge in [-0.2, -0.15) is 0 Å². The van der Waals surface area contributed by atoms with Gasteiger partial charge in [-0.3, -0.25) is 4.79 Å². The number of rotatable bonds is 20. The Morgan fingerprint density at radius 1 is 0.771 bits per heavy atom. The molecule has 7 heteroatoms. The van der Waals surface area contributed by atoms with E-state index in [4.69, 9.17) is 14.2 Å². The Hall–Kier alpha value is -3.87. The third-order valence-electron chi connectivity index (χ3n) is 8.61. The Kier molecular flexibility index (Phi) is 16.5. The molecule has 3 rings (SSSR count). The van der Waals surface area contributed by atoms with E-state index in [1.165, 1.54) is 77.7 Å². The molecule has 1 heterocycles. The summed E-state index contributed by atoms with van der Waals surface area (Å²) in [5, 5.41) is 0. The lowest BCUT2D eigenvalue weighted by Gasteiger charge is -2.24. The number of carbonyl (C=O) groups excluding carboxylic acids is 2. The summed E-state index contributed by atoms with van der Waals surface area (Å²) in [4.78, 5) is 28.3. The summed E-state index contributed by atoms with van der Waals surface area (Å²) < 4.78 is 19.3. The number of hydrogen-bond donors (Lipinski definition) is 0. The topological polar surface area (TPSA) is 69.0 Å². The maximum atomic E-state index is 13.7. The Morgan fingerprint density at radius 2 is 1.42 bits per heavy atom. The van der Waals surface area contributed by atoms with Gasteiger partial charge in [0.1, 0.15) is 25.2 Å². The number of hydrogen-bond acceptors (Lipinski definition) is 5. The minimum atomic E-state index is -0.720. The van der Waals surface area contributed by atoms with Crippen molar-refractivity contribution in [3.05, 3.63) is 89.2 Å². The second-order valence-corrected chi connectivity index (χ2v) is 13.8. The van der Waals surface area contributed by atoms with Crippen LogP contribution in [0.1, 0.15) is 132 Å². The first-order valence-electron chi connectivity index (χ1n) is 18.0. The van der Waals surface area contributed by atoms with Crippen molar-refractivity contribution >= 4 is 12.0 Å². The van der Waals surface area contributed by atoms with Crippen LogP contribution in [0.5, 0.6) is 11.5 Å². The third-order valence-corrected chi connectivity index (χ3v) is 8.61. The van der Waals surface area contributed by atoms with Gasteiger partial charge in [0.2, 0.25) is 0 Å². The average molecular weight is 660 g/mol. The van der Waals surface area contributed by atoms with Gasteiger partial charge in [0.05, 0.1) is 25.8 Å². The van der Waals surface area contributed by atoms with Crippen molar-refractivity contribution in [3.8, 4) is 11.5 Å². The molecule has 7 nitrogen and oxygen atoms in total. The van der Waals surface area contributed by atoms with E-state index in [2.05, 4.69) is 33.8 Å². The molecule has 0 aliphatic heterocycles. The highest BCUT2D eigenvalue weighted by Gasteiger charge is 2.28. The molecule has 3 aromatic rings. The van der Waals surface area contributed by atoms with Crippen LogP contribution in [-0.2, 0) is 30.4 Å². The van der Waals surface area contributed by atoms with Gasteiger partial charge in [0, 0.05) is 11.6 Å². The van der Waals surface area contributed by atoms with E-state index in [0.29, 0.717) is 17.9 Å². The Morgan fingerprint density at radius 3 is 2.04 bits per heavy atom. The molecule has 0 aliphatic rings. The number of amides is 2. The molecule has 1 aromatic heterocycles. The SMILES string of the molecule is CCCCCCCCCCCCCCOc1ccc(COC(=O)N(Cc2ccc[n+](C)c2)C(=O)c2ccccc2OC)cc1C(C)(C)C.